The molecule has 0 radical (unpaired) electrons. The standard InChI is InChI=1S/C18H16ClN3O/c19-18-13(4-3-12-5-8-20-9-6-12)10-16-15(22-18)11-17(23-16)14-2-1-7-21-14/h3-6,8-11,14,21H,1-2,7H2. The van der Waals surface area contributed by atoms with Crippen LogP contribution in [0.15, 0.2) is 41.1 Å². The van der Waals surface area contributed by atoms with Gasteiger partial charge in [0.05, 0.1) is 6.04 Å². The molecule has 4 heterocycles. The average Bonchev–Trinajstić information content (AvgIpc) is 3.22. The SMILES string of the molecule is Clc1nc2cc(C3CCCN3)oc2cc1C=Cc1ccncc1. The molecule has 3 aromatic heterocycles. The van der Waals surface area contributed by atoms with Crippen molar-refractivity contribution in [3.8, 4) is 0 Å². The van der Waals surface area contributed by atoms with E-state index in [9.17, 15) is 0 Å². The number of pyridine rings is 2. The molecule has 1 N–H and O–H groups in total. The molecule has 1 atom stereocenters. The van der Waals surface area contributed by atoms with E-state index in [2.05, 4.69) is 15.3 Å². The molecule has 3 aromatic rings. The van der Waals surface area contributed by atoms with Gasteiger partial charge in [-0.2, -0.15) is 0 Å². The van der Waals surface area contributed by atoms with Gasteiger partial charge in [0, 0.05) is 24.0 Å². The minimum atomic E-state index is 0.291. The van der Waals surface area contributed by atoms with Crippen LogP contribution < -0.4 is 5.32 Å². The maximum Gasteiger partial charge on any atom is 0.153 e. The number of furan rings is 1. The summed E-state index contributed by atoms with van der Waals surface area (Å²) >= 11 is 6.31. The predicted molar refractivity (Wildman–Crippen MR) is 92.2 cm³/mol. The monoisotopic (exact) mass is 325 g/mol. The minimum absolute atomic E-state index is 0.291. The summed E-state index contributed by atoms with van der Waals surface area (Å²) in [5.41, 5.74) is 3.48. The van der Waals surface area contributed by atoms with Crippen molar-refractivity contribution in [3.63, 3.8) is 0 Å². The molecular weight excluding hydrogens is 310 g/mol. The van der Waals surface area contributed by atoms with Crippen molar-refractivity contribution in [3.05, 3.63) is 58.7 Å². The van der Waals surface area contributed by atoms with Crippen LogP contribution in [0.1, 0.15) is 35.8 Å². The van der Waals surface area contributed by atoms with Crippen LogP contribution in [0.4, 0.5) is 0 Å². The van der Waals surface area contributed by atoms with Crippen LogP contribution in [0.2, 0.25) is 5.15 Å². The molecule has 0 amide bonds. The zero-order chi connectivity index (χ0) is 15.6. The lowest BCUT2D eigenvalue weighted by molar-refractivity contribution is 0.471. The van der Waals surface area contributed by atoms with Gasteiger partial charge in [0.1, 0.15) is 16.4 Å². The van der Waals surface area contributed by atoms with E-state index in [1.807, 2.05) is 36.4 Å². The highest BCUT2D eigenvalue weighted by atomic mass is 35.5. The second-order valence-electron chi connectivity index (χ2n) is 5.66. The topological polar surface area (TPSA) is 51.0 Å². The molecule has 1 unspecified atom stereocenters. The fourth-order valence-corrected chi connectivity index (χ4v) is 3.06. The third-order valence-corrected chi connectivity index (χ3v) is 4.37. The molecule has 1 aliphatic rings. The zero-order valence-corrected chi connectivity index (χ0v) is 13.3. The molecule has 4 nitrogen and oxygen atoms in total. The molecule has 0 bridgehead atoms. The first kappa shape index (κ1) is 14.4. The Morgan fingerprint density at radius 1 is 1.22 bits per heavy atom. The Labute approximate surface area is 139 Å². The van der Waals surface area contributed by atoms with Crippen LogP contribution in [0.25, 0.3) is 23.3 Å². The highest BCUT2D eigenvalue weighted by Crippen LogP contribution is 2.30. The second-order valence-corrected chi connectivity index (χ2v) is 6.02. The number of hydrogen-bond acceptors (Lipinski definition) is 4. The fraction of sp³-hybridized carbons (Fsp3) is 0.222. The van der Waals surface area contributed by atoms with Crippen molar-refractivity contribution >= 4 is 34.9 Å². The van der Waals surface area contributed by atoms with Crippen LogP contribution in [0, 0.1) is 0 Å². The van der Waals surface area contributed by atoms with E-state index in [1.165, 1.54) is 6.42 Å². The Bertz CT molecular complexity index is 851. The Hall–Kier alpha value is -2.17. The van der Waals surface area contributed by atoms with Crippen molar-refractivity contribution in [2.75, 3.05) is 6.54 Å². The van der Waals surface area contributed by atoms with E-state index >= 15 is 0 Å². The number of halogens is 1. The van der Waals surface area contributed by atoms with Gasteiger partial charge in [-0.1, -0.05) is 23.8 Å². The summed E-state index contributed by atoms with van der Waals surface area (Å²) in [4.78, 5) is 8.47. The normalized spacial score (nSPS) is 18.2. The smallest absolute Gasteiger partial charge is 0.153 e. The van der Waals surface area contributed by atoms with Gasteiger partial charge in [0.15, 0.2) is 5.58 Å². The largest absolute Gasteiger partial charge is 0.458 e. The summed E-state index contributed by atoms with van der Waals surface area (Å²) in [7, 11) is 0. The minimum Gasteiger partial charge on any atom is -0.458 e. The van der Waals surface area contributed by atoms with Gasteiger partial charge in [-0.3, -0.25) is 4.98 Å². The van der Waals surface area contributed by atoms with E-state index in [4.69, 9.17) is 16.0 Å². The lowest BCUT2D eigenvalue weighted by Crippen LogP contribution is -2.11. The maximum absolute atomic E-state index is 6.31. The van der Waals surface area contributed by atoms with Crippen LogP contribution in [0.3, 0.4) is 0 Å². The summed E-state index contributed by atoms with van der Waals surface area (Å²) in [5, 5.41) is 3.92. The highest BCUT2D eigenvalue weighted by Gasteiger charge is 2.20. The van der Waals surface area contributed by atoms with Gasteiger partial charge in [0.2, 0.25) is 0 Å². The number of hydrogen-bond donors (Lipinski definition) is 1. The van der Waals surface area contributed by atoms with Gasteiger partial charge in [-0.15, -0.1) is 0 Å². The first-order valence-electron chi connectivity index (χ1n) is 7.71. The van der Waals surface area contributed by atoms with Crippen molar-refractivity contribution < 1.29 is 4.42 Å². The van der Waals surface area contributed by atoms with Crippen molar-refractivity contribution in [2.45, 2.75) is 18.9 Å². The summed E-state index contributed by atoms with van der Waals surface area (Å²) in [6.07, 6.45) is 9.73. The Balaban J connectivity index is 1.67. The average molecular weight is 326 g/mol. The van der Waals surface area contributed by atoms with Gasteiger partial charge in [-0.05, 0) is 43.1 Å². The quantitative estimate of drug-likeness (QED) is 0.722. The van der Waals surface area contributed by atoms with Gasteiger partial charge in [0.25, 0.3) is 0 Å². The molecule has 4 rings (SSSR count). The van der Waals surface area contributed by atoms with Crippen LogP contribution in [-0.2, 0) is 0 Å². The molecule has 5 heteroatoms. The highest BCUT2D eigenvalue weighted by molar-refractivity contribution is 6.31. The van der Waals surface area contributed by atoms with Gasteiger partial charge in [-0.25, -0.2) is 4.98 Å². The predicted octanol–water partition coefficient (Wildman–Crippen LogP) is 4.47. The number of nitrogens with zero attached hydrogens (tertiary/aromatic N) is 2. The molecule has 1 saturated heterocycles. The van der Waals surface area contributed by atoms with Gasteiger partial charge >= 0.3 is 0 Å². The Morgan fingerprint density at radius 2 is 2.09 bits per heavy atom. The number of rotatable bonds is 3. The first-order valence-corrected chi connectivity index (χ1v) is 8.09. The van der Waals surface area contributed by atoms with E-state index in [-0.39, 0.29) is 0 Å². The lowest BCUT2D eigenvalue weighted by atomic mass is 10.1. The fourth-order valence-electron chi connectivity index (χ4n) is 2.85. The summed E-state index contributed by atoms with van der Waals surface area (Å²) < 4.78 is 5.97. The second kappa shape index (κ2) is 6.14. The van der Waals surface area contributed by atoms with Crippen LogP contribution in [-0.4, -0.2) is 16.5 Å². The van der Waals surface area contributed by atoms with Crippen LogP contribution in [0.5, 0.6) is 0 Å². The van der Waals surface area contributed by atoms with E-state index in [0.29, 0.717) is 11.2 Å². The first-order chi connectivity index (χ1) is 11.3. The van der Waals surface area contributed by atoms with Gasteiger partial charge < -0.3 is 9.73 Å². The number of aromatic nitrogens is 2. The molecule has 1 fully saturated rings. The third-order valence-electron chi connectivity index (χ3n) is 4.07. The van der Waals surface area contributed by atoms with E-state index in [0.717, 1.165) is 41.0 Å². The number of fused-ring (bicyclic) bond motifs is 1. The molecule has 23 heavy (non-hydrogen) atoms. The molecule has 0 aromatic carbocycles. The van der Waals surface area contributed by atoms with E-state index < -0.39 is 0 Å². The van der Waals surface area contributed by atoms with Crippen molar-refractivity contribution in [1.82, 2.24) is 15.3 Å². The molecule has 116 valence electrons. The lowest BCUT2D eigenvalue weighted by Gasteiger charge is -2.04. The van der Waals surface area contributed by atoms with Crippen molar-refractivity contribution in [2.24, 2.45) is 0 Å². The van der Waals surface area contributed by atoms with E-state index in [1.54, 1.807) is 12.4 Å². The summed E-state index contributed by atoms with van der Waals surface area (Å²) in [6.45, 7) is 1.04. The Kier molecular flexibility index (Phi) is 3.85. The molecule has 0 aliphatic carbocycles. The Morgan fingerprint density at radius 3 is 2.87 bits per heavy atom. The van der Waals surface area contributed by atoms with Crippen molar-refractivity contribution in [1.29, 1.82) is 0 Å². The third kappa shape index (κ3) is 3.00. The molecule has 0 spiro atoms. The summed E-state index contributed by atoms with van der Waals surface area (Å²) in [5.74, 6) is 0.941. The zero-order valence-electron chi connectivity index (χ0n) is 12.5. The van der Waals surface area contributed by atoms with Crippen LogP contribution >= 0.6 is 11.6 Å². The summed E-state index contributed by atoms with van der Waals surface area (Å²) in [6, 6.07) is 8.10. The molecule has 1 aliphatic heterocycles. The molecular formula is C18H16ClN3O. The maximum atomic E-state index is 6.31. The molecule has 0 saturated carbocycles. The number of nitrogens with one attached hydrogen (secondary N) is 1.